The molecule has 150 valence electrons. The molecule has 1 aliphatic carbocycles. The van der Waals surface area contributed by atoms with Gasteiger partial charge in [-0.25, -0.2) is 4.79 Å². The number of ether oxygens (including phenoxy) is 1. The fourth-order valence-electron chi connectivity index (χ4n) is 3.83. The summed E-state index contributed by atoms with van der Waals surface area (Å²) in [6.07, 6.45) is 6.36. The summed E-state index contributed by atoms with van der Waals surface area (Å²) >= 11 is 1.97. The molecular weight excluding hydrogens is 358 g/mol. The highest BCUT2D eigenvalue weighted by atomic mass is 32.2. The van der Waals surface area contributed by atoms with E-state index in [0.717, 1.165) is 43.7 Å². The van der Waals surface area contributed by atoms with Gasteiger partial charge in [-0.3, -0.25) is 4.90 Å². The number of thioether (sulfide) groups is 1. The van der Waals surface area contributed by atoms with Gasteiger partial charge in [0.2, 0.25) is 0 Å². The van der Waals surface area contributed by atoms with Crippen LogP contribution < -0.4 is 10.6 Å². The van der Waals surface area contributed by atoms with E-state index >= 15 is 0 Å². The Bertz CT molecular complexity index is 598. The average molecular weight is 392 g/mol. The quantitative estimate of drug-likeness (QED) is 0.726. The number of morpholine rings is 1. The van der Waals surface area contributed by atoms with Crippen LogP contribution in [-0.4, -0.2) is 54.6 Å². The zero-order valence-corrected chi connectivity index (χ0v) is 17.4. The van der Waals surface area contributed by atoms with Gasteiger partial charge < -0.3 is 15.4 Å². The molecule has 1 saturated carbocycles. The standard InChI is InChI=1S/C21H33N3O2S/c1-3-21(2,24-12-14-26-15-13-24)16-22-20(25)23-17-8-10-19(11-9-17)27-18-6-4-5-7-18/h8-11,18H,3-7,12-16H2,1-2H3,(H2,22,23,25)/t21-/m1/s1. The van der Waals surface area contributed by atoms with Crippen molar-refractivity contribution in [1.29, 1.82) is 0 Å². The molecule has 5 nitrogen and oxygen atoms in total. The van der Waals surface area contributed by atoms with E-state index in [1.54, 1.807) is 0 Å². The summed E-state index contributed by atoms with van der Waals surface area (Å²) in [5.41, 5.74) is 0.802. The van der Waals surface area contributed by atoms with Crippen molar-refractivity contribution in [3.05, 3.63) is 24.3 Å². The number of carbonyl (C=O) groups is 1. The fourth-order valence-corrected chi connectivity index (χ4v) is 5.07. The van der Waals surface area contributed by atoms with Crippen molar-refractivity contribution >= 4 is 23.5 Å². The Morgan fingerprint density at radius 2 is 1.89 bits per heavy atom. The summed E-state index contributed by atoms with van der Waals surface area (Å²) in [6, 6.07) is 8.08. The Kier molecular flexibility index (Phi) is 7.44. The van der Waals surface area contributed by atoms with Crippen LogP contribution in [0.4, 0.5) is 10.5 Å². The topological polar surface area (TPSA) is 53.6 Å². The number of hydrogen-bond acceptors (Lipinski definition) is 4. The van der Waals surface area contributed by atoms with Crippen molar-refractivity contribution in [2.45, 2.75) is 61.6 Å². The first-order chi connectivity index (χ1) is 13.1. The number of rotatable bonds is 7. The second kappa shape index (κ2) is 9.80. The number of amides is 2. The van der Waals surface area contributed by atoms with E-state index in [1.807, 2.05) is 23.9 Å². The molecule has 0 aromatic heterocycles. The molecule has 0 bridgehead atoms. The molecule has 1 aromatic carbocycles. The van der Waals surface area contributed by atoms with Crippen molar-refractivity contribution in [2.75, 3.05) is 38.2 Å². The molecule has 6 heteroatoms. The van der Waals surface area contributed by atoms with Gasteiger partial charge >= 0.3 is 6.03 Å². The second-order valence-electron chi connectivity index (χ2n) is 7.81. The van der Waals surface area contributed by atoms with Crippen LogP contribution in [0.5, 0.6) is 0 Å². The Labute approximate surface area is 167 Å². The number of carbonyl (C=O) groups excluding carboxylic acids is 1. The van der Waals surface area contributed by atoms with Gasteiger partial charge in [-0.2, -0.15) is 0 Å². The molecule has 2 N–H and O–H groups in total. The van der Waals surface area contributed by atoms with E-state index in [9.17, 15) is 4.79 Å². The summed E-state index contributed by atoms with van der Waals surface area (Å²) < 4.78 is 5.45. The first-order valence-electron chi connectivity index (χ1n) is 10.2. The number of urea groups is 1. The molecule has 1 saturated heterocycles. The highest BCUT2D eigenvalue weighted by Gasteiger charge is 2.31. The number of anilines is 1. The molecule has 0 unspecified atom stereocenters. The molecule has 0 radical (unpaired) electrons. The molecule has 27 heavy (non-hydrogen) atoms. The van der Waals surface area contributed by atoms with Gasteiger partial charge in [0.25, 0.3) is 0 Å². The Morgan fingerprint density at radius 1 is 1.22 bits per heavy atom. The van der Waals surface area contributed by atoms with Crippen molar-refractivity contribution in [1.82, 2.24) is 10.2 Å². The lowest BCUT2D eigenvalue weighted by molar-refractivity contribution is -0.0163. The smallest absolute Gasteiger partial charge is 0.319 e. The van der Waals surface area contributed by atoms with Gasteiger partial charge in [-0.05, 0) is 50.5 Å². The minimum Gasteiger partial charge on any atom is -0.379 e. The van der Waals surface area contributed by atoms with Crippen molar-refractivity contribution in [2.24, 2.45) is 0 Å². The number of nitrogens with one attached hydrogen (secondary N) is 2. The van der Waals surface area contributed by atoms with Crippen LogP contribution in [-0.2, 0) is 4.74 Å². The third-order valence-corrected chi connectivity index (χ3v) is 7.23. The fraction of sp³-hybridized carbons (Fsp3) is 0.667. The number of nitrogens with zero attached hydrogens (tertiary/aromatic N) is 1. The van der Waals surface area contributed by atoms with Crippen LogP contribution in [0.1, 0.15) is 46.0 Å². The molecule has 2 amide bonds. The highest BCUT2D eigenvalue weighted by Crippen LogP contribution is 2.34. The molecule has 2 aliphatic rings. The molecule has 2 fully saturated rings. The minimum absolute atomic E-state index is 0.0388. The predicted octanol–water partition coefficient (Wildman–Crippen LogP) is 4.34. The van der Waals surface area contributed by atoms with Crippen molar-refractivity contribution in [3.63, 3.8) is 0 Å². The molecular formula is C21H33N3O2S. The lowest BCUT2D eigenvalue weighted by Crippen LogP contribution is -2.57. The van der Waals surface area contributed by atoms with Crippen LogP contribution in [0.3, 0.4) is 0 Å². The Morgan fingerprint density at radius 3 is 2.52 bits per heavy atom. The highest BCUT2D eigenvalue weighted by molar-refractivity contribution is 8.00. The van der Waals surface area contributed by atoms with E-state index in [0.29, 0.717) is 6.54 Å². The predicted molar refractivity (Wildman–Crippen MR) is 113 cm³/mol. The van der Waals surface area contributed by atoms with Gasteiger partial charge in [0, 0.05) is 41.0 Å². The lowest BCUT2D eigenvalue weighted by atomic mass is 9.95. The van der Waals surface area contributed by atoms with E-state index < -0.39 is 0 Å². The van der Waals surface area contributed by atoms with Crippen molar-refractivity contribution in [3.8, 4) is 0 Å². The molecule has 0 spiro atoms. The van der Waals surface area contributed by atoms with Gasteiger partial charge in [-0.1, -0.05) is 19.8 Å². The SMILES string of the molecule is CC[C@](C)(CNC(=O)Nc1ccc(SC2CCCC2)cc1)N1CCOCC1. The maximum Gasteiger partial charge on any atom is 0.319 e. The second-order valence-corrected chi connectivity index (χ2v) is 9.18. The van der Waals surface area contributed by atoms with Gasteiger partial charge in [0.15, 0.2) is 0 Å². The lowest BCUT2D eigenvalue weighted by Gasteiger charge is -2.43. The maximum absolute atomic E-state index is 12.4. The summed E-state index contributed by atoms with van der Waals surface area (Å²) in [4.78, 5) is 16.1. The zero-order chi connectivity index (χ0) is 19.1. The van der Waals surface area contributed by atoms with Crippen molar-refractivity contribution < 1.29 is 9.53 Å². The Hall–Kier alpha value is -1.24. The van der Waals surface area contributed by atoms with Gasteiger partial charge in [-0.15, -0.1) is 11.8 Å². The van der Waals surface area contributed by atoms with Crippen LogP contribution in [0, 0.1) is 0 Å². The molecule has 1 heterocycles. The van der Waals surface area contributed by atoms with Gasteiger partial charge in [0.05, 0.1) is 13.2 Å². The van der Waals surface area contributed by atoms with Gasteiger partial charge in [0.1, 0.15) is 0 Å². The van der Waals surface area contributed by atoms with E-state index in [1.165, 1.54) is 30.6 Å². The van der Waals surface area contributed by atoms with Crippen LogP contribution >= 0.6 is 11.8 Å². The zero-order valence-electron chi connectivity index (χ0n) is 16.6. The first kappa shape index (κ1) is 20.5. The number of hydrogen-bond donors (Lipinski definition) is 2. The van der Waals surface area contributed by atoms with E-state index in [-0.39, 0.29) is 11.6 Å². The van der Waals surface area contributed by atoms with E-state index in [4.69, 9.17) is 4.74 Å². The van der Waals surface area contributed by atoms with Crippen LogP contribution in [0.2, 0.25) is 0 Å². The third-order valence-electron chi connectivity index (χ3n) is 5.88. The summed E-state index contributed by atoms with van der Waals surface area (Å²) in [7, 11) is 0. The summed E-state index contributed by atoms with van der Waals surface area (Å²) in [5, 5.41) is 6.78. The third kappa shape index (κ3) is 5.87. The molecule has 1 atom stereocenters. The summed E-state index contributed by atoms with van der Waals surface area (Å²) in [5.74, 6) is 0. The van der Waals surface area contributed by atoms with Crippen LogP contribution in [0.25, 0.3) is 0 Å². The Balaban J connectivity index is 1.46. The largest absolute Gasteiger partial charge is 0.379 e. The first-order valence-corrected chi connectivity index (χ1v) is 11.1. The average Bonchev–Trinajstić information content (AvgIpc) is 3.21. The molecule has 1 aliphatic heterocycles. The molecule has 3 rings (SSSR count). The number of benzene rings is 1. The minimum atomic E-state index is -0.140. The monoisotopic (exact) mass is 391 g/mol. The summed E-state index contributed by atoms with van der Waals surface area (Å²) in [6.45, 7) is 8.41. The van der Waals surface area contributed by atoms with E-state index in [2.05, 4.69) is 41.5 Å². The normalized spacial score (nSPS) is 21.0. The maximum atomic E-state index is 12.4. The van der Waals surface area contributed by atoms with Crippen LogP contribution in [0.15, 0.2) is 29.2 Å². The molecule has 1 aromatic rings.